The van der Waals surface area contributed by atoms with E-state index in [4.69, 9.17) is 0 Å². The van der Waals surface area contributed by atoms with Gasteiger partial charge in [-0.1, -0.05) is 60.7 Å². The fourth-order valence-electron chi connectivity index (χ4n) is 3.26. The van der Waals surface area contributed by atoms with Crippen molar-refractivity contribution < 1.29 is 24.0 Å². The summed E-state index contributed by atoms with van der Waals surface area (Å²) in [5.74, 6) is -1.99. The Morgan fingerprint density at radius 3 is 1.88 bits per heavy atom. The van der Waals surface area contributed by atoms with Gasteiger partial charge in [0.2, 0.25) is 23.6 Å². The Morgan fingerprint density at radius 2 is 1.35 bits per heavy atom. The molecule has 0 aromatic heterocycles. The maximum Gasteiger partial charge on any atom is 0.243 e. The second-order valence-corrected chi connectivity index (χ2v) is 7.89. The van der Waals surface area contributed by atoms with Crippen LogP contribution in [0.5, 0.6) is 0 Å². The number of benzene rings is 2. The first-order valence-corrected chi connectivity index (χ1v) is 11.0. The van der Waals surface area contributed by atoms with Gasteiger partial charge < -0.3 is 26.1 Å². The topological polar surface area (TPSA) is 133 Å². The van der Waals surface area contributed by atoms with Crippen LogP contribution in [-0.2, 0) is 36.8 Å². The molecule has 0 spiro atoms. The first-order valence-electron chi connectivity index (χ1n) is 11.0. The molecule has 0 heterocycles. The van der Waals surface area contributed by atoms with Gasteiger partial charge in [0.25, 0.3) is 0 Å². The van der Waals surface area contributed by atoms with Crippen LogP contribution in [0.25, 0.3) is 0 Å². The molecule has 180 valence electrons. The van der Waals surface area contributed by atoms with E-state index in [-0.39, 0.29) is 18.9 Å². The zero-order chi connectivity index (χ0) is 24.9. The molecule has 0 aliphatic rings. The lowest BCUT2D eigenvalue weighted by Gasteiger charge is -2.19. The summed E-state index contributed by atoms with van der Waals surface area (Å²) in [6.07, 6.45) is 1.24. The van der Waals surface area contributed by atoms with Crippen LogP contribution in [0.3, 0.4) is 0 Å². The van der Waals surface area contributed by atoms with E-state index >= 15 is 0 Å². The highest BCUT2D eigenvalue weighted by Gasteiger charge is 2.22. The van der Waals surface area contributed by atoms with Crippen molar-refractivity contribution in [2.75, 3.05) is 6.54 Å². The van der Waals surface area contributed by atoms with Crippen LogP contribution in [0.1, 0.15) is 25.0 Å². The summed E-state index contributed by atoms with van der Waals surface area (Å²) in [5, 5.41) is 10.1. The number of amides is 4. The van der Waals surface area contributed by atoms with Crippen molar-refractivity contribution in [2.24, 2.45) is 0 Å². The highest BCUT2D eigenvalue weighted by atomic mass is 16.2. The molecule has 2 aromatic carbocycles. The molecule has 4 amide bonds. The van der Waals surface area contributed by atoms with E-state index in [0.717, 1.165) is 11.1 Å². The molecular weight excluding hydrogens is 436 g/mol. The Balaban J connectivity index is 1.83. The molecule has 2 aromatic rings. The Bertz CT molecular complexity index is 981. The average Bonchev–Trinajstić information content (AvgIpc) is 2.82. The van der Waals surface area contributed by atoms with E-state index in [1.54, 1.807) is 0 Å². The standard InChI is InChI=1S/C25H30N4O5/c1-17(24(33)29-21(16-30)13-19-9-5-3-6-10-19)27-23(32)15-26-25(34)22(28-18(2)31)14-20-11-7-4-8-12-20/h3-12,16-17,21-22H,13-15H2,1-2H3,(H,26,34)(H,27,32)(H,28,31)(H,29,33)/t17-,21-,22-/m0/s1. The largest absolute Gasteiger partial charge is 0.345 e. The number of carbonyl (C=O) groups is 5. The number of nitrogens with one attached hydrogen (secondary N) is 4. The SMILES string of the molecule is CC(=O)N[C@@H](Cc1ccccc1)C(=O)NCC(=O)N[C@@H](C)C(=O)N[C@H](C=O)Cc1ccccc1. The lowest BCUT2D eigenvalue weighted by Crippen LogP contribution is -2.53. The molecule has 0 radical (unpaired) electrons. The van der Waals surface area contributed by atoms with E-state index in [9.17, 15) is 24.0 Å². The van der Waals surface area contributed by atoms with Crippen molar-refractivity contribution in [2.45, 2.75) is 44.8 Å². The minimum atomic E-state index is -0.918. The molecule has 34 heavy (non-hydrogen) atoms. The van der Waals surface area contributed by atoms with Crippen molar-refractivity contribution in [3.63, 3.8) is 0 Å². The van der Waals surface area contributed by atoms with E-state index in [2.05, 4.69) is 21.3 Å². The lowest BCUT2D eigenvalue weighted by atomic mass is 10.1. The summed E-state index contributed by atoms with van der Waals surface area (Å²) in [7, 11) is 0. The summed E-state index contributed by atoms with van der Waals surface area (Å²) in [4.78, 5) is 60.0. The van der Waals surface area contributed by atoms with E-state index in [1.165, 1.54) is 13.8 Å². The Morgan fingerprint density at radius 1 is 0.794 bits per heavy atom. The Kier molecular flexibility index (Phi) is 10.4. The van der Waals surface area contributed by atoms with Gasteiger partial charge in [-0.2, -0.15) is 0 Å². The van der Waals surface area contributed by atoms with Crippen molar-refractivity contribution in [1.29, 1.82) is 0 Å². The van der Waals surface area contributed by atoms with Gasteiger partial charge in [0.1, 0.15) is 18.4 Å². The molecule has 3 atom stereocenters. The zero-order valence-corrected chi connectivity index (χ0v) is 19.2. The molecular formula is C25H30N4O5. The molecule has 0 aliphatic carbocycles. The third-order valence-corrected chi connectivity index (χ3v) is 4.96. The van der Waals surface area contributed by atoms with Crippen LogP contribution >= 0.6 is 0 Å². The summed E-state index contributed by atoms with van der Waals surface area (Å²) in [6.45, 7) is 2.42. The van der Waals surface area contributed by atoms with Crippen LogP contribution < -0.4 is 21.3 Å². The second-order valence-electron chi connectivity index (χ2n) is 7.89. The van der Waals surface area contributed by atoms with Gasteiger partial charge in [0.05, 0.1) is 12.6 Å². The predicted octanol–water partition coefficient (Wildman–Crippen LogP) is 0.281. The quantitative estimate of drug-likeness (QED) is 0.334. The number of aldehydes is 1. The van der Waals surface area contributed by atoms with Crippen LogP contribution in [0, 0.1) is 0 Å². The zero-order valence-electron chi connectivity index (χ0n) is 19.2. The highest BCUT2D eigenvalue weighted by molar-refractivity contribution is 5.92. The molecule has 0 bridgehead atoms. The fraction of sp³-hybridized carbons (Fsp3) is 0.320. The van der Waals surface area contributed by atoms with E-state index in [0.29, 0.717) is 12.7 Å². The van der Waals surface area contributed by atoms with Crippen molar-refractivity contribution in [3.8, 4) is 0 Å². The van der Waals surface area contributed by atoms with Gasteiger partial charge in [0.15, 0.2) is 0 Å². The van der Waals surface area contributed by atoms with Crippen LogP contribution in [0.15, 0.2) is 60.7 Å². The van der Waals surface area contributed by atoms with Crippen molar-refractivity contribution in [3.05, 3.63) is 71.8 Å². The number of hydrogen-bond donors (Lipinski definition) is 4. The number of rotatable bonds is 12. The maximum absolute atomic E-state index is 12.5. The van der Waals surface area contributed by atoms with Gasteiger partial charge in [-0.15, -0.1) is 0 Å². The van der Waals surface area contributed by atoms with Gasteiger partial charge in [0, 0.05) is 13.3 Å². The molecule has 0 saturated heterocycles. The first-order chi connectivity index (χ1) is 16.3. The molecule has 4 N–H and O–H groups in total. The fourth-order valence-corrected chi connectivity index (χ4v) is 3.26. The Hall–Kier alpha value is -4.01. The van der Waals surface area contributed by atoms with Gasteiger partial charge in [-0.25, -0.2) is 0 Å². The van der Waals surface area contributed by atoms with Crippen LogP contribution in [-0.4, -0.2) is 54.6 Å². The second kappa shape index (κ2) is 13.5. The van der Waals surface area contributed by atoms with Crippen molar-refractivity contribution >= 4 is 29.9 Å². The smallest absolute Gasteiger partial charge is 0.243 e. The molecule has 0 unspecified atom stereocenters. The number of hydrogen-bond acceptors (Lipinski definition) is 5. The maximum atomic E-state index is 12.5. The summed E-state index contributed by atoms with van der Waals surface area (Å²) in [5.41, 5.74) is 1.75. The minimum absolute atomic E-state index is 0.265. The van der Waals surface area contributed by atoms with Crippen molar-refractivity contribution in [1.82, 2.24) is 21.3 Å². The third-order valence-electron chi connectivity index (χ3n) is 4.96. The molecule has 0 saturated carbocycles. The monoisotopic (exact) mass is 466 g/mol. The summed E-state index contributed by atoms with van der Waals surface area (Å²) in [6, 6.07) is 15.9. The van der Waals surface area contributed by atoms with Gasteiger partial charge in [-0.3, -0.25) is 19.2 Å². The molecule has 0 fully saturated rings. The van der Waals surface area contributed by atoms with Crippen LogP contribution in [0.4, 0.5) is 0 Å². The number of carbonyl (C=O) groups excluding carboxylic acids is 5. The molecule has 0 aliphatic heterocycles. The van der Waals surface area contributed by atoms with Gasteiger partial charge >= 0.3 is 0 Å². The molecule has 2 rings (SSSR count). The summed E-state index contributed by atoms with van der Waals surface area (Å²) >= 11 is 0. The third kappa shape index (κ3) is 9.23. The minimum Gasteiger partial charge on any atom is -0.345 e. The van der Waals surface area contributed by atoms with Crippen LogP contribution in [0.2, 0.25) is 0 Å². The van der Waals surface area contributed by atoms with E-state index < -0.39 is 35.8 Å². The first kappa shape index (κ1) is 26.2. The van der Waals surface area contributed by atoms with E-state index in [1.807, 2.05) is 60.7 Å². The molecule has 9 nitrogen and oxygen atoms in total. The normalized spacial score (nSPS) is 13.0. The predicted molar refractivity (Wildman–Crippen MR) is 127 cm³/mol. The summed E-state index contributed by atoms with van der Waals surface area (Å²) < 4.78 is 0. The average molecular weight is 467 g/mol. The van der Waals surface area contributed by atoms with Gasteiger partial charge in [-0.05, 0) is 24.5 Å². The lowest BCUT2D eigenvalue weighted by molar-refractivity contribution is -0.131. The Labute approximate surface area is 198 Å². The highest BCUT2D eigenvalue weighted by Crippen LogP contribution is 2.04. The molecule has 9 heteroatoms.